The lowest BCUT2D eigenvalue weighted by Crippen LogP contribution is -2.69. The largest absolute Gasteiger partial charge is 0.460 e. The fourth-order valence-corrected chi connectivity index (χ4v) is 2.85. The average Bonchev–Trinajstić information content (AvgIpc) is 2.86. The molecule has 192 valence electrons. The minimum atomic E-state index is -3.78. The van der Waals surface area contributed by atoms with Crippen molar-refractivity contribution < 1.29 is 43.8 Å². The van der Waals surface area contributed by atoms with Crippen LogP contribution in [0.25, 0.3) is 0 Å². The molecule has 0 aromatic rings. The van der Waals surface area contributed by atoms with Crippen LogP contribution in [0.2, 0.25) is 2.82 Å². The molecular weight excluding hydrogens is 416 g/mol. The monoisotopic (exact) mass is 484 g/mol. The van der Waals surface area contributed by atoms with Crippen molar-refractivity contribution in [2.75, 3.05) is 7.05 Å². The van der Waals surface area contributed by atoms with E-state index < -0.39 is 103 Å². The van der Waals surface area contributed by atoms with Crippen molar-refractivity contribution in [2.45, 2.75) is 130 Å². The maximum Gasteiger partial charge on any atom is 0.334 e. The molecule has 0 spiro atoms. The van der Waals surface area contributed by atoms with Crippen LogP contribution in [-0.4, -0.2) is 48.2 Å². The molecule has 0 bridgehead atoms. The van der Waals surface area contributed by atoms with Crippen molar-refractivity contribution in [1.82, 2.24) is 10.6 Å². The van der Waals surface area contributed by atoms with Gasteiger partial charge in [0, 0.05) is 35.3 Å². The first-order chi connectivity index (χ1) is 21.8. The predicted octanol–water partition coefficient (Wildman–Crippen LogP) is 5.16. The number of likely N-dealkylation sites (N-methyl/N-ethyl adjacent to an activating group) is 1. The van der Waals surface area contributed by atoms with E-state index in [9.17, 15) is 13.7 Å². The van der Waals surface area contributed by atoms with Gasteiger partial charge in [-0.1, -0.05) is 54.3 Å². The van der Waals surface area contributed by atoms with E-state index in [4.69, 9.17) is 30.1 Å². The highest BCUT2D eigenvalue weighted by Gasteiger charge is 2.51. The number of hydrogen-bond donors (Lipinski definition) is 2. The normalized spacial score (nSPS) is 43.7. The van der Waals surface area contributed by atoms with Crippen molar-refractivity contribution in [3.63, 3.8) is 0 Å². The van der Waals surface area contributed by atoms with E-state index >= 15 is 0 Å². The van der Waals surface area contributed by atoms with Gasteiger partial charge in [-0.05, 0) is 65.3 Å². The Kier molecular flexibility index (Phi) is 4.31. The number of ether oxygens (including phenoxy) is 2. The molecule has 0 saturated heterocycles. The summed E-state index contributed by atoms with van der Waals surface area (Å²) in [5.41, 5.74) is -9.61. The molecule has 33 heavy (non-hydrogen) atoms. The highest BCUT2D eigenvalue weighted by atomic mass is 16.5. The predicted molar refractivity (Wildman–Crippen MR) is 135 cm³/mol. The fraction of sp³-hybridized carbons (Fsp3) is 0.852. The average molecular weight is 485 g/mol. The molecule has 0 heterocycles. The molecule has 0 fully saturated rings. The van der Waals surface area contributed by atoms with Crippen LogP contribution in [0.4, 0.5) is 0 Å². The molecule has 1 rings (SSSR count). The summed E-state index contributed by atoms with van der Waals surface area (Å²) in [6.07, 6.45) is -19.8. The zero-order chi connectivity index (χ0) is 41.6. The third-order valence-corrected chi connectivity index (χ3v) is 5.69. The van der Waals surface area contributed by atoms with Crippen LogP contribution in [0.5, 0.6) is 0 Å². The summed E-state index contributed by atoms with van der Waals surface area (Å²) in [7, 11) is 0.737. The SMILES string of the molecule is [2H]C1=C(C(=O)OC([2H])(C)C([2H])([2H])[2H])C([2H])([2H])[C@]([2H])(N([2H])C)[C@@](C)(N([2H])C(=O)C([2H])(C)C)[C@]1([2H])OC(C)(CC([2H])([2H])C([2H])([2H])C)C(C)(C)C([2H])([2H])C. The number of esters is 1. The Morgan fingerprint density at radius 3 is 2.58 bits per heavy atom. The lowest BCUT2D eigenvalue weighted by Gasteiger charge is -2.52. The number of carbonyl (C=O) groups is 2. The second kappa shape index (κ2) is 11.8. The van der Waals surface area contributed by atoms with Crippen molar-refractivity contribution in [2.24, 2.45) is 11.3 Å². The number of carbonyl (C=O) groups excluding carboxylic acids is 2. The van der Waals surface area contributed by atoms with Crippen LogP contribution in [0.1, 0.15) is 123 Å². The molecule has 0 aliphatic heterocycles. The van der Waals surface area contributed by atoms with Crippen LogP contribution < -0.4 is 10.6 Å². The Bertz CT molecular complexity index is 1400. The highest BCUT2D eigenvalue weighted by molar-refractivity contribution is 5.89. The van der Waals surface area contributed by atoms with Gasteiger partial charge < -0.3 is 20.1 Å². The first-order valence-electron chi connectivity index (χ1n) is 19.4. The molecule has 1 amide bonds. The standard InChI is InChI=1S/C27H50N2O4/c1-12-14-15-26(9,25(7,8)13-2)33-22-17-20(24(31)32-19(5)6)16-21(28-11)27(22,10)29-23(30)18(3)4/h17-19,21-22,28H,12-16H2,1-11H3,(H,29,30)/t21-,22+,26?,27+/m0/s1/i5D3,12D2,13D2,14D2,16D2,17D,18D,19D,21D,22D/hD2/t19?,21-,22+,26?,27+. The molecule has 0 aromatic heterocycles. The van der Waals surface area contributed by atoms with Gasteiger partial charge in [0.2, 0.25) is 5.91 Å². The first kappa shape index (κ1) is 12.0. The minimum Gasteiger partial charge on any atom is -0.460 e. The summed E-state index contributed by atoms with van der Waals surface area (Å²) in [6.45, 7) is 5.26. The molecule has 6 nitrogen and oxygen atoms in total. The Hall–Kier alpha value is -1.40. The minimum absolute atomic E-state index is 0.000304. The molecular formula is C27H50N2O4. The molecule has 0 saturated carbocycles. The molecule has 1 aliphatic carbocycles. The maximum atomic E-state index is 13.8. The molecule has 0 radical (unpaired) electrons. The summed E-state index contributed by atoms with van der Waals surface area (Å²) < 4.78 is 165. The third-order valence-electron chi connectivity index (χ3n) is 5.69. The van der Waals surface area contributed by atoms with Gasteiger partial charge in [0.1, 0.15) is 7.49 Å². The second-order valence-electron chi connectivity index (χ2n) is 8.77. The third kappa shape index (κ3) is 7.05. The van der Waals surface area contributed by atoms with Crippen molar-refractivity contribution in [3.05, 3.63) is 11.6 Å². The van der Waals surface area contributed by atoms with Gasteiger partial charge in [0.25, 0.3) is 0 Å². The number of amides is 1. The molecule has 5 atom stereocenters. The highest BCUT2D eigenvalue weighted by Crippen LogP contribution is 2.44. The topological polar surface area (TPSA) is 76.7 Å². The molecule has 2 N–H and O–H groups in total. The lowest BCUT2D eigenvalue weighted by atomic mass is 9.70. The van der Waals surface area contributed by atoms with Gasteiger partial charge in [-0.3, -0.25) is 4.79 Å². The van der Waals surface area contributed by atoms with Crippen LogP contribution >= 0.6 is 0 Å². The van der Waals surface area contributed by atoms with Gasteiger partial charge in [0.05, 0.1) is 21.3 Å². The van der Waals surface area contributed by atoms with E-state index in [0.717, 1.165) is 41.7 Å². The van der Waals surface area contributed by atoms with Crippen LogP contribution in [0.3, 0.4) is 0 Å². The quantitative estimate of drug-likeness (QED) is 0.374. The Morgan fingerprint density at radius 2 is 2.09 bits per heavy atom. The number of hydrogen-bond acceptors (Lipinski definition) is 5. The zero-order valence-corrected chi connectivity index (χ0v) is 21.2. The number of rotatable bonds is 12. The first-order valence-corrected chi connectivity index (χ1v) is 10.5. The van der Waals surface area contributed by atoms with E-state index in [1.54, 1.807) is 0 Å². The van der Waals surface area contributed by atoms with Gasteiger partial charge in [0.15, 0.2) is 1.41 Å². The van der Waals surface area contributed by atoms with Crippen LogP contribution in [0, 0.1) is 11.3 Å². The second-order valence-corrected chi connectivity index (χ2v) is 8.77. The van der Waals surface area contributed by atoms with Crippen LogP contribution in [0.15, 0.2) is 11.6 Å². The van der Waals surface area contributed by atoms with Gasteiger partial charge >= 0.3 is 5.97 Å². The van der Waals surface area contributed by atoms with Gasteiger partial charge in [-0.2, -0.15) is 0 Å². The van der Waals surface area contributed by atoms with Gasteiger partial charge in [-0.25, -0.2) is 4.79 Å². The molecule has 6 heteroatoms. The molecule has 2 unspecified atom stereocenters. The maximum absolute atomic E-state index is 13.8. The summed E-state index contributed by atoms with van der Waals surface area (Å²) in [6, 6.07) is -5.27. The zero-order valence-electron chi connectivity index (χ0n) is 39.2. The number of nitrogens with one attached hydrogen (secondary N) is 2. The summed E-state index contributed by atoms with van der Waals surface area (Å²) in [5.74, 6) is -5.88. The Labute approximate surface area is 228 Å². The summed E-state index contributed by atoms with van der Waals surface area (Å²) in [5, 5.41) is -0.224. The van der Waals surface area contributed by atoms with Crippen molar-refractivity contribution >= 4 is 11.9 Å². The van der Waals surface area contributed by atoms with E-state index in [2.05, 4.69) is 0 Å². The fourth-order valence-electron chi connectivity index (χ4n) is 2.85. The molecule has 1 aliphatic rings. The van der Waals surface area contributed by atoms with E-state index in [-0.39, 0.29) is 10.6 Å². The summed E-state index contributed by atoms with van der Waals surface area (Å²) >= 11 is 0. The van der Waals surface area contributed by atoms with Crippen LogP contribution in [-0.2, 0) is 19.1 Å². The summed E-state index contributed by atoms with van der Waals surface area (Å²) in [4.78, 5) is 27.5. The van der Waals surface area contributed by atoms with Gasteiger partial charge in [-0.15, -0.1) is 0 Å². The van der Waals surface area contributed by atoms with Crippen molar-refractivity contribution in [3.8, 4) is 0 Å². The van der Waals surface area contributed by atoms with E-state index in [1.165, 1.54) is 13.8 Å². The van der Waals surface area contributed by atoms with Crippen molar-refractivity contribution in [1.29, 1.82) is 0 Å². The Balaban J connectivity index is 4.79. The molecule has 0 aromatic carbocycles. The van der Waals surface area contributed by atoms with E-state index in [0.29, 0.717) is 13.8 Å². The van der Waals surface area contributed by atoms with E-state index in [1.807, 2.05) is 0 Å². The lowest BCUT2D eigenvalue weighted by molar-refractivity contribution is -0.169. The Morgan fingerprint density at radius 1 is 1.45 bits per heavy atom. The smallest absolute Gasteiger partial charge is 0.334 e.